The van der Waals surface area contributed by atoms with Crippen molar-refractivity contribution < 1.29 is 4.79 Å². The molecule has 1 aliphatic rings. The van der Waals surface area contributed by atoms with Crippen molar-refractivity contribution in [3.63, 3.8) is 0 Å². The summed E-state index contributed by atoms with van der Waals surface area (Å²) in [5, 5.41) is 7.05. The summed E-state index contributed by atoms with van der Waals surface area (Å²) >= 11 is 5.80. The summed E-state index contributed by atoms with van der Waals surface area (Å²) in [4.78, 5) is 11.8. The first kappa shape index (κ1) is 13.4. The van der Waals surface area contributed by atoms with E-state index in [0.29, 0.717) is 17.4 Å². The average molecular weight is 267 g/mol. The molecule has 98 valence electrons. The predicted octanol–water partition coefficient (Wildman–Crippen LogP) is 2.00. The van der Waals surface area contributed by atoms with Crippen molar-refractivity contribution in [3.8, 4) is 0 Å². The van der Waals surface area contributed by atoms with Gasteiger partial charge in [0.1, 0.15) is 0 Å². The van der Waals surface area contributed by atoms with Crippen LogP contribution in [0.4, 0.5) is 0 Å². The van der Waals surface area contributed by atoms with Gasteiger partial charge < -0.3 is 10.6 Å². The van der Waals surface area contributed by atoms with Gasteiger partial charge in [-0.05, 0) is 49.5 Å². The van der Waals surface area contributed by atoms with Crippen LogP contribution < -0.4 is 10.6 Å². The SMILES string of the molecule is O=C(Cc1ccc(Cl)cc1)NCC1CCCNC1. The van der Waals surface area contributed by atoms with Crippen LogP contribution in [0.15, 0.2) is 24.3 Å². The summed E-state index contributed by atoms with van der Waals surface area (Å²) < 4.78 is 0. The van der Waals surface area contributed by atoms with Crippen LogP contribution >= 0.6 is 11.6 Å². The fourth-order valence-electron chi connectivity index (χ4n) is 2.21. The number of hydrogen-bond donors (Lipinski definition) is 2. The second-order valence-electron chi connectivity index (χ2n) is 4.82. The van der Waals surface area contributed by atoms with Crippen molar-refractivity contribution in [1.29, 1.82) is 0 Å². The molecule has 4 heteroatoms. The summed E-state index contributed by atoms with van der Waals surface area (Å²) in [6, 6.07) is 7.42. The van der Waals surface area contributed by atoms with E-state index in [0.717, 1.165) is 25.2 Å². The quantitative estimate of drug-likeness (QED) is 0.875. The maximum absolute atomic E-state index is 11.8. The summed E-state index contributed by atoms with van der Waals surface area (Å²) in [5.41, 5.74) is 0.999. The van der Waals surface area contributed by atoms with E-state index in [4.69, 9.17) is 11.6 Å². The summed E-state index contributed by atoms with van der Waals surface area (Å²) in [6.07, 6.45) is 2.84. The first-order valence-corrected chi connectivity index (χ1v) is 6.83. The van der Waals surface area contributed by atoms with Crippen molar-refractivity contribution in [3.05, 3.63) is 34.9 Å². The Labute approximate surface area is 113 Å². The van der Waals surface area contributed by atoms with Gasteiger partial charge in [0.05, 0.1) is 6.42 Å². The maximum Gasteiger partial charge on any atom is 0.224 e. The Hall–Kier alpha value is -1.06. The molecule has 0 bridgehead atoms. The van der Waals surface area contributed by atoms with Gasteiger partial charge in [-0.1, -0.05) is 23.7 Å². The molecule has 1 fully saturated rings. The molecular formula is C14H19ClN2O. The normalized spacial score (nSPS) is 19.5. The third-order valence-corrected chi connectivity index (χ3v) is 3.52. The summed E-state index contributed by atoms with van der Waals surface area (Å²) in [5.74, 6) is 0.663. The van der Waals surface area contributed by atoms with Gasteiger partial charge in [0.25, 0.3) is 0 Å². The van der Waals surface area contributed by atoms with Crippen LogP contribution in [0.2, 0.25) is 5.02 Å². The first-order valence-electron chi connectivity index (χ1n) is 6.46. The molecule has 0 saturated carbocycles. The minimum Gasteiger partial charge on any atom is -0.355 e. The highest BCUT2D eigenvalue weighted by molar-refractivity contribution is 6.30. The lowest BCUT2D eigenvalue weighted by atomic mass is 10.00. The van der Waals surface area contributed by atoms with Crippen LogP contribution in [-0.4, -0.2) is 25.5 Å². The van der Waals surface area contributed by atoms with E-state index in [1.807, 2.05) is 24.3 Å². The zero-order valence-electron chi connectivity index (χ0n) is 10.4. The molecule has 0 radical (unpaired) electrons. The maximum atomic E-state index is 11.8. The molecule has 0 spiro atoms. The van der Waals surface area contributed by atoms with E-state index in [1.165, 1.54) is 12.8 Å². The molecule has 1 heterocycles. The third kappa shape index (κ3) is 4.31. The van der Waals surface area contributed by atoms with Crippen molar-refractivity contribution in [1.82, 2.24) is 10.6 Å². The Kier molecular flexibility index (Phi) is 5.02. The largest absolute Gasteiger partial charge is 0.355 e. The Morgan fingerprint density at radius 2 is 2.17 bits per heavy atom. The third-order valence-electron chi connectivity index (χ3n) is 3.26. The smallest absolute Gasteiger partial charge is 0.224 e. The molecule has 1 atom stereocenters. The predicted molar refractivity (Wildman–Crippen MR) is 73.8 cm³/mol. The Morgan fingerprint density at radius 3 is 2.83 bits per heavy atom. The number of amides is 1. The number of nitrogens with one attached hydrogen (secondary N) is 2. The fraction of sp³-hybridized carbons (Fsp3) is 0.500. The van der Waals surface area contributed by atoms with Gasteiger partial charge >= 0.3 is 0 Å². The molecule has 0 aromatic heterocycles. The Morgan fingerprint density at radius 1 is 1.39 bits per heavy atom. The van der Waals surface area contributed by atoms with Crippen LogP contribution in [0, 0.1) is 5.92 Å². The topological polar surface area (TPSA) is 41.1 Å². The molecule has 18 heavy (non-hydrogen) atoms. The zero-order chi connectivity index (χ0) is 12.8. The highest BCUT2D eigenvalue weighted by atomic mass is 35.5. The van der Waals surface area contributed by atoms with Crippen LogP contribution in [-0.2, 0) is 11.2 Å². The van der Waals surface area contributed by atoms with E-state index in [2.05, 4.69) is 10.6 Å². The highest BCUT2D eigenvalue weighted by Gasteiger charge is 2.13. The number of halogens is 1. The van der Waals surface area contributed by atoms with E-state index in [-0.39, 0.29) is 5.91 Å². The molecular weight excluding hydrogens is 248 g/mol. The number of carbonyl (C=O) groups is 1. The van der Waals surface area contributed by atoms with Gasteiger partial charge in [-0.15, -0.1) is 0 Å². The molecule has 0 aliphatic carbocycles. The molecule has 2 rings (SSSR count). The van der Waals surface area contributed by atoms with Crippen LogP contribution in [0.5, 0.6) is 0 Å². The van der Waals surface area contributed by atoms with E-state index >= 15 is 0 Å². The van der Waals surface area contributed by atoms with Gasteiger partial charge in [0.2, 0.25) is 5.91 Å². The van der Waals surface area contributed by atoms with Crippen LogP contribution in [0.25, 0.3) is 0 Å². The van der Waals surface area contributed by atoms with Crippen molar-refractivity contribution in [2.45, 2.75) is 19.3 Å². The number of rotatable bonds is 4. The number of piperidine rings is 1. The number of carbonyl (C=O) groups excluding carboxylic acids is 1. The summed E-state index contributed by atoms with van der Waals surface area (Å²) in [6.45, 7) is 2.90. The monoisotopic (exact) mass is 266 g/mol. The van der Waals surface area contributed by atoms with Gasteiger partial charge in [0.15, 0.2) is 0 Å². The fourth-order valence-corrected chi connectivity index (χ4v) is 2.33. The summed E-state index contributed by atoms with van der Waals surface area (Å²) in [7, 11) is 0. The molecule has 1 amide bonds. The van der Waals surface area contributed by atoms with E-state index in [9.17, 15) is 4.79 Å². The van der Waals surface area contributed by atoms with Crippen molar-refractivity contribution in [2.24, 2.45) is 5.92 Å². The van der Waals surface area contributed by atoms with Gasteiger partial charge in [0, 0.05) is 11.6 Å². The first-order chi connectivity index (χ1) is 8.74. The van der Waals surface area contributed by atoms with Gasteiger partial charge in [-0.2, -0.15) is 0 Å². The van der Waals surface area contributed by atoms with E-state index < -0.39 is 0 Å². The second-order valence-corrected chi connectivity index (χ2v) is 5.26. The highest BCUT2D eigenvalue weighted by Crippen LogP contribution is 2.10. The molecule has 1 aromatic carbocycles. The Balaban J connectivity index is 1.73. The molecule has 1 aliphatic heterocycles. The zero-order valence-corrected chi connectivity index (χ0v) is 11.2. The van der Waals surface area contributed by atoms with Gasteiger partial charge in [-0.3, -0.25) is 4.79 Å². The molecule has 1 saturated heterocycles. The minimum atomic E-state index is 0.0860. The van der Waals surface area contributed by atoms with Crippen molar-refractivity contribution in [2.75, 3.05) is 19.6 Å². The molecule has 3 nitrogen and oxygen atoms in total. The lowest BCUT2D eigenvalue weighted by Crippen LogP contribution is -2.38. The van der Waals surface area contributed by atoms with E-state index in [1.54, 1.807) is 0 Å². The Bertz CT molecular complexity index is 385. The number of hydrogen-bond acceptors (Lipinski definition) is 2. The van der Waals surface area contributed by atoms with Crippen LogP contribution in [0.3, 0.4) is 0 Å². The second kappa shape index (κ2) is 6.76. The van der Waals surface area contributed by atoms with Gasteiger partial charge in [-0.25, -0.2) is 0 Å². The average Bonchev–Trinajstić information content (AvgIpc) is 2.40. The number of benzene rings is 1. The van der Waals surface area contributed by atoms with Crippen molar-refractivity contribution >= 4 is 17.5 Å². The minimum absolute atomic E-state index is 0.0860. The lowest BCUT2D eigenvalue weighted by molar-refractivity contribution is -0.120. The van der Waals surface area contributed by atoms with Crippen LogP contribution in [0.1, 0.15) is 18.4 Å². The lowest BCUT2D eigenvalue weighted by Gasteiger charge is -2.22. The molecule has 1 unspecified atom stereocenters. The molecule has 1 aromatic rings. The molecule has 2 N–H and O–H groups in total. The standard InChI is InChI=1S/C14H19ClN2O/c15-13-5-3-11(4-6-13)8-14(18)17-10-12-2-1-7-16-9-12/h3-6,12,16H,1-2,7-10H2,(H,17,18).